The monoisotopic (exact) mass is 383 g/mol. The van der Waals surface area contributed by atoms with Gasteiger partial charge in [0.1, 0.15) is 17.6 Å². The Kier molecular flexibility index (Phi) is 4.00. The standard InChI is InChI=1S/C19H17N3O4S/c1-9-8-20-11(3)14(9)17(23)15-16(12-5-4-6-27-12)22(19(25)18(15)24)13-7-10(2)26-21-13/h4-8,16,20,23H,1-3H3/b17-15+. The van der Waals surface area contributed by atoms with Crippen LogP contribution >= 0.6 is 11.3 Å². The molecular formula is C19H17N3O4S. The van der Waals surface area contributed by atoms with Gasteiger partial charge in [-0.05, 0) is 37.8 Å². The Labute approximate surface area is 158 Å². The van der Waals surface area contributed by atoms with Crippen molar-refractivity contribution in [2.24, 2.45) is 0 Å². The lowest BCUT2D eigenvalue weighted by molar-refractivity contribution is -0.132. The van der Waals surface area contributed by atoms with Gasteiger partial charge < -0.3 is 14.6 Å². The predicted octanol–water partition coefficient (Wildman–Crippen LogP) is 3.62. The second-order valence-electron chi connectivity index (χ2n) is 6.45. The molecule has 7 nitrogen and oxygen atoms in total. The van der Waals surface area contributed by atoms with Crippen molar-refractivity contribution in [2.75, 3.05) is 4.90 Å². The summed E-state index contributed by atoms with van der Waals surface area (Å²) in [5.41, 5.74) is 2.09. The van der Waals surface area contributed by atoms with Gasteiger partial charge in [-0.3, -0.25) is 14.5 Å². The molecule has 8 heteroatoms. The van der Waals surface area contributed by atoms with Crippen LogP contribution in [0.5, 0.6) is 0 Å². The van der Waals surface area contributed by atoms with Crippen molar-refractivity contribution in [3.05, 3.63) is 62.8 Å². The van der Waals surface area contributed by atoms with E-state index < -0.39 is 17.7 Å². The van der Waals surface area contributed by atoms with E-state index in [4.69, 9.17) is 4.52 Å². The number of nitrogens with zero attached hydrogens (tertiary/aromatic N) is 2. The first-order chi connectivity index (χ1) is 12.9. The molecule has 3 aromatic heterocycles. The zero-order chi connectivity index (χ0) is 19.3. The maximum Gasteiger partial charge on any atom is 0.301 e. The summed E-state index contributed by atoms with van der Waals surface area (Å²) < 4.78 is 5.10. The predicted molar refractivity (Wildman–Crippen MR) is 101 cm³/mol. The molecule has 1 aliphatic rings. The van der Waals surface area contributed by atoms with Crippen molar-refractivity contribution in [1.82, 2.24) is 10.1 Å². The number of aromatic nitrogens is 2. The van der Waals surface area contributed by atoms with Crippen LogP contribution in [0, 0.1) is 20.8 Å². The molecule has 0 saturated carbocycles. The molecule has 1 amide bonds. The fourth-order valence-electron chi connectivity index (χ4n) is 3.41. The van der Waals surface area contributed by atoms with E-state index in [1.807, 2.05) is 24.4 Å². The molecule has 138 valence electrons. The second kappa shape index (κ2) is 6.24. The van der Waals surface area contributed by atoms with Crippen LogP contribution in [-0.2, 0) is 9.59 Å². The third-order valence-electron chi connectivity index (χ3n) is 4.63. The van der Waals surface area contributed by atoms with E-state index in [0.29, 0.717) is 11.3 Å². The summed E-state index contributed by atoms with van der Waals surface area (Å²) >= 11 is 1.40. The maximum absolute atomic E-state index is 12.9. The quantitative estimate of drug-likeness (QED) is 0.409. The highest BCUT2D eigenvalue weighted by Crippen LogP contribution is 2.43. The number of ketones is 1. The minimum atomic E-state index is -0.761. The number of nitrogens with one attached hydrogen (secondary N) is 1. The molecular weight excluding hydrogens is 366 g/mol. The third-order valence-corrected chi connectivity index (χ3v) is 5.56. The Balaban J connectivity index is 1.96. The summed E-state index contributed by atoms with van der Waals surface area (Å²) in [6, 6.07) is 4.49. The number of hydrogen-bond acceptors (Lipinski definition) is 6. The average molecular weight is 383 g/mol. The molecule has 0 radical (unpaired) electrons. The molecule has 27 heavy (non-hydrogen) atoms. The van der Waals surface area contributed by atoms with Crippen LogP contribution in [0.25, 0.3) is 5.76 Å². The highest BCUT2D eigenvalue weighted by Gasteiger charge is 2.48. The number of aliphatic hydroxyl groups excluding tert-OH is 1. The van der Waals surface area contributed by atoms with Gasteiger partial charge in [0.05, 0.1) is 5.57 Å². The highest BCUT2D eigenvalue weighted by atomic mass is 32.1. The van der Waals surface area contributed by atoms with E-state index in [1.54, 1.807) is 26.1 Å². The summed E-state index contributed by atoms with van der Waals surface area (Å²) in [6.45, 7) is 5.34. The number of carbonyl (C=O) groups excluding carboxylic acids is 2. The number of hydrogen-bond donors (Lipinski definition) is 2. The topological polar surface area (TPSA) is 99.4 Å². The van der Waals surface area contributed by atoms with Crippen molar-refractivity contribution in [1.29, 1.82) is 0 Å². The molecule has 1 unspecified atom stereocenters. The van der Waals surface area contributed by atoms with E-state index >= 15 is 0 Å². The molecule has 2 N–H and O–H groups in total. The molecule has 1 fully saturated rings. The second-order valence-corrected chi connectivity index (χ2v) is 7.43. The fraction of sp³-hybridized carbons (Fsp3) is 0.211. The normalized spacial score (nSPS) is 19.2. The van der Waals surface area contributed by atoms with Crippen LogP contribution in [0.2, 0.25) is 0 Å². The molecule has 4 heterocycles. The first-order valence-corrected chi connectivity index (χ1v) is 9.20. The lowest BCUT2D eigenvalue weighted by Crippen LogP contribution is -2.29. The number of aliphatic hydroxyl groups is 1. The van der Waals surface area contributed by atoms with E-state index in [2.05, 4.69) is 10.1 Å². The minimum Gasteiger partial charge on any atom is -0.507 e. The van der Waals surface area contributed by atoms with Gasteiger partial charge in [0.25, 0.3) is 5.78 Å². The van der Waals surface area contributed by atoms with Gasteiger partial charge in [-0.1, -0.05) is 11.2 Å². The molecule has 0 aliphatic carbocycles. The molecule has 1 atom stereocenters. The molecule has 4 rings (SSSR count). The van der Waals surface area contributed by atoms with Gasteiger partial charge in [0, 0.05) is 28.4 Å². The van der Waals surface area contributed by atoms with Crippen LogP contribution in [-0.4, -0.2) is 26.9 Å². The van der Waals surface area contributed by atoms with Gasteiger partial charge in [-0.2, -0.15) is 0 Å². The Bertz CT molecular complexity index is 1060. The van der Waals surface area contributed by atoms with Crippen molar-refractivity contribution >= 4 is 34.6 Å². The first-order valence-electron chi connectivity index (χ1n) is 8.32. The van der Waals surface area contributed by atoms with Crippen LogP contribution < -0.4 is 4.90 Å². The summed E-state index contributed by atoms with van der Waals surface area (Å²) in [6.07, 6.45) is 1.75. The van der Waals surface area contributed by atoms with Gasteiger partial charge >= 0.3 is 5.91 Å². The number of aromatic amines is 1. The molecule has 0 aromatic carbocycles. The minimum absolute atomic E-state index is 0.0499. The molecule has 3 aromatic rings. The molecule has 0 bridgehead atoms. The number of rotatable bonds is 3. The molecule has 0 spiro atoms. The summed E-state index contributed by atoms with van der Waals surface area (Å²) in [5, 5.41) is 16.8. The number of aryl methyl sites for hydroxylation is 3. The van der Waals surface area contributed by atoms with Crippen LogP contribution in [0.15, 0.2) is 39.9 Å². The molecule has 1 saturated heterocycles. The van der Waals surface area contributed by atoms with Crippen LogP contribution in [0.3, 0.4) is 0 Å². The maximum atomic E-state index is 12.9. The van der Waals surface area contributed by atoms with Gasteiger partial charge in [-0.15, -0.1) is 11.3 Å². The SMILES string of the molecule is Cc1cc(N2C(=O)C(=O)/C(=C(/O)c3c(C)c[nH]c3C)C2c2cccs2)no1. The number of thiophene rings is 1. The van der Waals surface area contributed by atoms with E-state index in [1.165, 1.54) is 16.2 Å². The average Bonchev–Trinajstić information content (AvgIpc) is 3.38. The van der Waals surface area contributed by atoms with E-state index in [9.17, 15) is 14.7 Å². The van der Waals surface area contributed by atoms with Gasteiger partial charge in [-0.25, -0.2) is 0 Å². The van der Waals surface area contributed by atoms with Crippen molar-refractivity contribution in [3.8, 4) is 0 Å². The summed E-state index contributed by atoms with van der Waals surface area (Å²) in [4.78, 5) is 30.8. The van der Waals surface area contributed by atoms with Crippen molar-refractivity contribution < 1.29 is 19.2 Å². The number of H-pyrrole nitrogens is 1. The summed E-state index contributed by atoms with van der Waals surface area (Å²) in [5.74, 6) is -0.907. The smallest absolute Gasteiger partial charge is 0.301 e. The first kappa shape index (κ1) is 17.3. The number of amides is 1. The Morgan fingerprint density at radius 2 is 2.11 bits per heavy atom. The fourth-order valence-corrected chi connectivity index (χ4v) is 4.23. The highest BCUT2D eigenvalue weighted by molar-refractivity contribution is 7.10. The van der Waals surface area contributed by atoms with Crippen LogP contribution in [0.4, 0.5) is 5.82 Å². The lowest BCUT2D eigenvalue weighted by atomic mass is 9.98. The van der Waals surface area contributed by atoms with Gasteiger partial charge in [0.2, 0.25) is 0 Å². The van der Waals surface area contributed by atoms with Crippen LogP contribution in [0.1, 0.15) is 33.5 Å². The lowest BCUT2D eigenvalue weighted by Gasteiger charge is -2.21. The zero-order valence-electron chi connectivity index (χ0n) is 14.9. The largest absolute Gasteiger partial charge is 0.507 e. The third kappa shape index (κ3) is 2.60. The van der Waals surface area contributed by atoms with E-state index in [-0.39, 0.29) is 17.2 Å². The number of anilines is 1. The summed E-state index contributed by atoms with van der Waals surface area (Å²) in [7, 11) is 0. The van der Waals surface area contributed by atoms with Crippen molar-refractivity contribution in [3.63, 3.8) is 0 Å². The van der Waals surface area contributed by atoms with Crippen molar-refractivity contribution in [2.45, 2.75) is 26.8 Å². The van der Waals surface area contributed by atoms with E-state index in [0.717, 1.165) is 16.1 Å². The number of carbonyl (C=O) groups is 2. The molecule has 1 aliphatic heterocycles. The van der Waals surface area contributed by atoms with Gasteiger partial charge in [0.15, 0.2) is 5.82 Å². The Morgan fingerprint density at radius 1 is 1.33 bits per heavy atom. The Hall–Kier alpha value is -3.13. The Morgan fingerprint density at radius 3 is 2.67 bits per heavy atom. The number of Topliss-reactive ketones (excluding diaryl/α,β-unsaturated/α-hetero) is 1. The zero-order valence-corrected chi connectivity index (χ0v) is 15.8.